The van der Waals surface area contributed by atoms with Crippen molar-refractivity contribution in [2.75, 3.05) is 18.2 Å². The minimum Gasteiger partial charge on any atom is -0.354 e. The highest BCUT2D eigenvalue weighted by Crippen LogP contribution is 2.30. The lowest BCUT2D eigenvalue weighted by Gasteiger charge is -2.22. The Balaban J connectivity index is 1.79. The third kappa shape index (κ3) is 3.13. The molecule has 0 aromatic heterocycles. The summed E-state index contributed by atoms with van der Waals surface area (Å²) in [4.78, 5) is 11.8. The number of nitrogens with zero attached hydrogens (tertiary/aromatic N) is 1. The van der Waals surface area contributed by atoms with Crippen LogP contribution < -0.4 is 5.32 Å². The third-order valence-electron chi connectivity index (χ3n) is 3.83. The average Bonchev–Trinajstić information content (AvgIpc) is 3.18. The number of rotatable bonds is 5. The van der Waals surface area contributed by atoms with Crippen molar-refractivity contribution < 1.29 is 17.6 Å². The van der Waals surface area contributed by atoms with E-state index in [0.29, 0.717) is 18.2 Å². The van der Waals surface area contributed by atoms with E-state index >= 15 is 0 Å². The fourth-order valence-electron chi connectivity index (χ4n) is 2.34. The smallest absolute Gasteiger partial charge is 0.247 e. The molecule has 1 aliphatic heterocycles. The summed E-state index contributed by atoms with van der Waals surface area (Å²) in [6.45, 7) is 0.591. The van der Waals surface area contributed by atoms with Gasteiger partial charge in [-0.2, -0.15) is 4.31 Å². The van der Waals surface area contributed by atoms with E-state index in [9.17, 15) is 17.6 Å². The van der Waals surface area contributed by atoms with E-state index < -0.39 is 21.9 Å². The molecule has 1 atom stereocenters. The first-order chi connectivity index (χ1) is 10.5. The van der Waals surface area contributed by atoms with Crippen molar-refractivity contribution in [1.29, 1.82) is 0 Å². The van der Waals surface area contributed by atoms with Crippen molar-refractivity contribution >= 4 is 27.7 Å². The topological polar surface area (TPSA) is 66.5 Å². The molecule has 2 aliphatic rings. The number of hydrogen-bond acceptors (Lipinski definition) is 4. The number of thioether (sulfide) groups is 1. The van der Waals surface area contributed by atoms with E-state index in [-0.39, 0.29) is 16.7 Å². The zero-order valence-corrected chi connectivity index (χ0v) is 13.5. The maximum atomic E-state index is 13.8. The van der Waals surface area contributed by atoms with Crippen LogP contribution in [-0.2, 0) is 14.8 Å². The molecule has 120 valence electrons. The van der Waals surface area contributed by atoms with Crippen molar-refractivity contribution in [2.45, 2.75) is 23.8 Å². The fraction of sp³-hybridized carbons (Fsp3) is 0.500. The summed E-state index contributed by atoms with van der Waals surface area (Å²) in [5.41, 5.74) is 0. The van der Waals surface area contributed by atoms with Crippen molar-refractivity contribution in [3.05, 3.63) is 30.1 Å². The number of sulfonamides is 1. The van der Waals surface area contributed by atoms with Crippen LogP contribution in [0.15, 0.2) is 29.2 Å². The molecule has 1 N–H and O–H groups in total. The van der Waals surface area contributed by atoms with E-state index in [1.165, 1.54) is 30.0 Å². The number of nitrogens with one attached hydrogen (secondary N) is 1. The summed E-state index contributed by atoms with van der Waals surface area (Å²) in [5.74, 6) is -0.00878. The largest absolute Gasteiger partial charge is 0.354 e. The molecule has 0 spiro atoms. The molecule has 0 unspecified atom stereocenters. The number of benzene rings is 1. The van der Waals surface area contributed by atoms with Gasteiger partial charge >= 0.3 is 0 Å². The Morgan fingerprint density at radius 3 is 2.77 bits per heavy atom. The third-order valence-corrected chi connectivity index (χ3v) is 6.89. The zero-order chi connectivity index (χ0) is 15.7. The van der Waals surface area contributed by atoms with Crippen LogP contribution in [0, 0.1) is 11.7 Å². The Bertz CT molecular complexity index is 676. The predicted octanol–water partition coefficient (Wildman–Crippen LogP) is 1.42. The molecule has 8 heteroatoms. The van der Waals surface area contributed by atoms with Gasteiger partial charge in [-0.25, -0.2) is 12.8 Å². The highest BCUT2D eigenvalue weighted by atomic mass is 32.2. The van der Waals surface area contributed by atoms with Gasteiger partial charge in [0.1, 0.15) is 16.8 Å². The Labute approximate surface area is 133 Å². The van der Waals surface area contributed by atoms with Crippen LogP contribution in [0.2, 0.25) is 0 Å². The SMILES string of the molecule is O=C(NCC1CC1)[C@H]1CSCN1S(=O)(=O)c1ccccc1F. The summed E-state index contributed by atoms with van der Waals surface area (Å²) in [6.07, 6.45) is 2.22. The molecule has 1 aromatic carbocycles. The Morgan fingerprint density at radius 2 is 2.09 bits per heavy atom. The second-order valence-corrected chi connectivity index (χ2v) is 8.39. The van der Waals surface area contributed by atoms with Crippen LogP contribution in [0.25, 0.3) is 0 Å². The fourth-order valence-corrected chi connectivity index (χ4v) is 5.55. The second-order valence-electron chi connectivity index (χ2n) is 5.53. The van der Waals surface area contributed by atoms with Crippen LogP contribution in [0.5, 0.6) is 0 Å². The molecule has 0 radical (unpaired) electrons. The molecular weight excluding hydrogens is 327 g/mol. The first kappa shape index (κ1) is 15.8. The molecule has 2 fully saturated rings. The summed E-state index contributed by atoms with van der Waals surface area (Å²) < 4.78 is 40.1. The molecule has 1 aliphatic carbocycles. The van der Waals surface area contributed by atoms with Crippen LogP contribution in [0.4, 0.5) is 4.39 Å². The Morgan fingerprint density at radius 1 is 1.36 bits per heavy atom. The number of carbonyl (C=O) groups is 1. The van der Waals surface area contributed by atoms with E-state index in [1.807, 2.05) is 0 Å². The summed E-state index contributed by atoms with van der Waals surface area (Å²) in [5, 5.41) is 2.80. The van der Waals surface area contributed by atoms with E-state index in [0.717, 1.165) is 23.2 Å². The first-order valence-electron chi connectivity index (χ1n) is 7.12. The quantitative estimate of drug-likeness (QED) is 0.877. The van der Waals surface area contributed by atoms with Gasteiger partial charge in [-0.3, -0.25) is 4.79 Å². The van der Waals surface area contributed by atoms with Crippen molar-refractivity contribution in [3.8, 4) is 0 Å². The molecule has 1 saturated carbocycles. The number of halogens is 1. The van der Waals surface area contributed by atoms with Gasteiger partial charge in [0, 0.05) is 12.3 Å². The zero-order valence-electron chi connectivity index (χ0n) is 11.9. The molecule has 1 aromatic rings. The molecule has 1 saturated heterocycles. The molecule has 22 heavy (non-hydrogen) atoms. The van der Waals surface area contributed by atoms with Crippen LogP contribution in [-0.4, -0.2) is 42.8 Å². The van der Waals surface area contributed by atoms with E-state index in [2.05, 4.69) is 5.32 Å². The lowest BCUT2D eigenvalue weighted by Crippen LogP contribution is -2.47. The summed E-state index contributed by atoms with van der Waals surface area (Å²) >= 11 is 1.36. The number of hydrogen-bond donors (Lipinski definition) is 1. The van der Waals surface area contributed by atoms with Crippen molar-refractivity contribution in [1.82, 2.24) is 9.62 Å². The van der Waals surface area contributed by atoms with Gasteiger partial charge in [-0.15, -0.1) is 11.8 Å². The van der Waals surface area contributed by atoms with Crippen LogP contribution >= 0.6 is 11.8 Å². The van der Waals surface area contributed by atoms with Crippen LogP contribution in [0.3, 0.4) is 0 Å². The molecule has 1 amide bonds. The van der Waals surface area contributed by atoms with Gasteiger partial charge in [-0.1, -0.05) is 12.1 Å². The minimum absolute atomic E-state index is 0.165. The van der Waals surface area contributed by atoms with E-state index in [4.69, 9.17) is 0 Å². The minimum atomic E-state index is -4.01. The lowest BCUT2D eigenvalue weighted by molar-refractivity contribution is -0.123. The van der Waals surface area contributed by atoms with E-state index in [1.54, 1.807) is 0 Å². The summed E-state index contributed by atoms with van der Waals surface area (Å²) in [7, 11) is -4.01. The maximum absolute atomic E-state index is 13.8. The monoisotopic (exact) mass is 344 g/mol. The molecular formula is C14H17FN2O3S2. The Kier molecular flexibility index (Phi) is 4.42. The first-order valence-corrected chi connectivity index (χ1v) is 9.71. The van der Waals surface area contributed by atoms with Gasteiger partial charge in [0.2, 0.25) is 15.9 Å². The predicted molar refractivity (Wildman–Crippen MR) is 82.3 cm³/mol. The van der Waals surface area contributed by atoms with Gasteiger partial charge in [0.15, 0.2) is 0 Å². The second kappa shape index (κ2) is 6.17. The normalized spacial score (nSPS) is 22.7. The highest BCUT2D eigenvalue weighted by molar-refractivity contribution is 8.00. The van der Waals surface area contributed by atoms with Crippen molar-refractivity contribution in [2.24, 2.45) is 5.92 Å². The van der Waals surface area contributed by atoms with Gasteiger partial charge < -0.3 is 5.32 Å². The average molecular weight is 344 g/mol. The molecule has 1 heterocycles. The highest BCUT2D eigenvalue weighted by Gasteiger charge is 2.41. The van der Waals surface area contributed by atoms with Gasteiger partial charge in [0.05, 0.1) is 5.88 Å². The lowest BCUT2D eigenvalue weighted by atomic mass is 10.3. The number of carbonyl (C=O) groups excluding carboxylic acids is 1. The summed E-state index contributed by atoms with van der Waals surface area (Å²) in [6, 6.07) is 4.48. The van der Waals surface area contributed by atoms with Crippen molar-refractivity contribution in [3.63, 3.8) is 0 Å². The number of amides is 1. The Hall–Kier alpha value is -1.12. The molecule has 5 nitrogen and oxygen atoms in total. The maximum Gasteiger partial charge on any atom is 0.247 e. The molecule has 3 rings (SSSR count). The van der Waals surface area contributed by atoms with Gasteiger partial charge in [0.25, 0.3) is 0 Å². The van der Waals surface area contributed by atoms with Gasteiger partial charge in [-0.05, 0) is 30.9 Å². The standard InChI is InChI=1S/C14H17FN2O3S2/c15-11-3-1-2-4-13(11)22(19,20)17-9-21-8-12(17)14(18)16-7-10-5-6-10/h1-4,10,12H,5-9H2,(H,16,18)/t12-/m1/s1. The van der Waals surface area contributed by atoms with Crippen LogP contribution in [0.1, 0.15) is 12.8 Å². The molecule has 0 bridgehead atoms.